The molecule has 1 aliphatic rings. The molecule has 0 amide bonds. The third-order valence-electron chi connectivity index (χ3n) is 4.35. The van der Waals surface area contributed by atoms with Crippen molar-refractivity contribution in [3.05, 3.63) is 34.1 Å². The van der Waals surface area contributed by atoms with E-state index in [1.54, 1.807) is 12.1 Å². The van der Waals surface area contributed by atoms with Crippen LogP contribution in [0, 0.1) is 17.2 Å². The van der Waals surface area contributed by atoms with Crippen LogP contribution >= 0.6 is 15.9 Å². The molecule has 2 unspecified atom stereocenters. The van der Waals surface area contributed by atoms with E-state index in [9.17, 15) is 4.39 Å². The first kappa shape index (κ1) is 14.0. The minimum Gasteiger partial charge on any atom is -0.313 e. The Hall–Kier alpha value is -0.410. The normalized spacial score (nSPS) is 24.2. The van der Waals surface area contributed by atoms with Crippen molar-refractivity contribution < 1.29 is 4.39 Å². The van der Waals surface area contributed by atoms with Gasteiger partial charge in [0.15, 0.2) is 0 Å². The van der Waals surface area contributed by atoms with Crippen LogP contribution in [0.15, 0.2) is 22.7 Å². The van der Waals surface area contributed by atoms with Crippen molar-refractivity contribution in [1.29, 1.82) is 0 Å². The summed E-state index contributed by atoms with van der Waals surface area (Å²) in [7, 11) is 1.93. The smallest absolute Gasteiger partial charge is 0.128 e. The molecule has 1 aromatic carbocycles. The quantitative estimate of drug-likeness (QED) is 0.854. The monoisotopic (exact) mass is 313 g/mol. The van der Waals surface area contributed by atoms with Crippen LogP contribution in [0.3, 0.4) is 0 Å². The fourth-order valence-corrected chi connectivity index (χ4v) is 3.68. The number of hydrogen-bond acceptors (Lipinski definition) is 1. The summed E-state index contributed by atoms with van der Waals surface area (Å²) in [6, 6.07) is 5.31. The van der Waals surface area contributed by atoms with Gasteiger partial charge in [-0.25, -0.2) is 4.39 Å². The summed E-state index contributed by atoms with van der Waals surface area (Å²) < 4.78 is 15.0. The molecule has 0 radical (unpaired) electrons. The largest absolute Gasteiger partial charge is 0.313 e. The number of hydrogen-bond donors (Lipinski definition) is 1. The van der Waals surface area contributed by atoms with Gasteiger partial charge in [-0.3, -0.25) is 0 Å². The van der Waals surface area contributed by atoms with E-state index in [2.05, 4.69) is 35.1 Å². The van der Waals surface area contributed by atoms with Gasteiger partial charge in [0.05, 0.1) is 0 Å². The average molecular weight is 314 g/mol. The highest BCUT2D eigenvalue weighted by Gasteiger charge is 2.40. The number of nitrogens with one attached hydrogen (secondary N) is 1. The van der Waals surface area contributed by atoms with Crippen LogP contribution in [0.4, 0.5) is 4.39 Å². The molecule has 1 aromatic rings. The maximum Gasteiger partial charge on any atom is 0.128 e. The third-order valence-corrected chi connectivity index (χ3v) is 4.84. The molecule has 2 atom stereocenters. The molecule has 0 heterocycles. The van der Waals surface area contributed by atoms with E-state index in [0.717, 1.165) is 10.0 Å². The van der Waals surface area contributed by atoms with E-state index in [-0.39, 0.29) is 17.3 Å². The Morgan fingerprint density at radius 1 is 1.44 bits per heavy atom. The van der Waals surface area contributed by atoms with Gasteiger partial charge in [0.2, 0.25) is 0 Å². The minimum atomic E-state index is -0.111. The molecule has 100 valence electrons. The zero-order chi connectivity index (χ0) is 13.3. The van der Waals surface area contributed by atoms with Crippen molar-refractivity contribution in [3.8, 4) is 0 Å². The van der Waals surface area contributed by atoms with Gasteiger partial charge in [-0.05, 0) is 49.4 Å². The SMILES string of the molecule is CNC(c1cc(Br)ccc1F)C1CCCC1(C)C. The number of benzene rings is 1. The summed E-state index contributed by atoms with van der Waals surface area (Å²) in [6.07, 6.45) is 3.64. The summed E-state index contributed by atoms with van der Waals surface area (Å²) in [5.41, 5.74) is 1.06. The predicted molar refractivity (Wildman–Crippen MR) is 77.0 cm³/mol. The fourth-order valence-electron chi connectivity index (χ4n) is 3.30. The molecule has 2 rings (SSSR count). The van der Waals surface area contributed by atoms with Crippen LogP contribution < -0.4 is 5.32 Å². The molecule has 0 bridgehead atoms. The second-order valence-electron chi connectivity index (χ2n) is 5.92. The lowest BCUT2D eigenvalue weighted by Crippen LogP contribution is -2.32. The van der Waals surface area contributed by atoms with Gasteiger partial charge >= 0.3 is 0 Å². The molecule has 18 heavy (non-hydrogen) atoms. The Morgan fingerprint density at radius 3 is 2.72 bits per heavy atom. The highest BCUT2D eigenvalue weighted by molar-refractivity contribution is 9.10. The molecule has 0 saturated heterocycles. The van der Waals surface area contributed by atoms with Gasteiger partial charge in [0.1, 0.15) is 5.82 Å². The van der Waals surface area contributed by atoms with Crippen molar-refractivity contribution in [2.24, 2.45) is 11.3 Å². The fraction of sp³-hybridized carbons (Fsp3) is 0.600. The van der Waals surface area contributed by atoms with Gasteiger partial charge in [-0.1, -0.05) is 36.2 Å². The molecule has 0 aromatic heterocycles. The highest BCUT2D eigenvalue weighted by atomic mass is 79.9. The lowest BCUT2D eigenvalue weighted by atomic mass is 9.75. The van der Waals surface area contributed by atoms with E-state index >= 15 is 0 Å². The second-order valence-corrected chi connectivity index (χ2v) is 6.84. The van der Waals surface area contributed by atoms with Gasteiger partial charge < -0.3 is 5.32 Å². The van der Waals surface area contributed by atoms with E-state index in [0.29, 0.717) is 5.92 Å². The van der Waals surface area contributed by atoms with E-state index in [1.165, 1.54) is 19.3 Å². The molecule has 1 fully saturated rings. The zero-order valence-corrected chi connectivity index (χ0v) is 12.8. The standard InChI is InChI=1S/C15H21BrFN/c1-15(2)8-4-5-12(15)14(18-3)11-9-10(16)6-7-13(11)17/h6-7,9,12,14,18H,4-5,8H2,1-3H3. The van der Waals surface area contributed by atoms with E-state index in [4.69, 9.17) is 0 Å². The van der Waals surface area contributed by atoms with Crippen LogP contribution in [0.2, 0.25) is 0 Å². The molecule has 1 saturated carbocycles. The lowest BCUT2D eigenvalue weighted by molar-refractivity contribution is 0.201. The van der Waals surface area contributed by atoms with Gasteiger partial charge in [-0.2, -0.15) is 0 Å². The Labute approximate surface area is 117 Å². The highest BCUT2D eigenvalue weighted by Crippen LogP contribution is 2.49. The summed E-state index contributed by atoms with van der Waals surface area (Å²) >= 11 is 3.44. The topological polar surface area (TPSA) is 12.0 Å². The van der Waals surface area contributed by atoms with Crippen molar-refractivity contribution in [2.75, 3.05) is 7.05 Å². The van der Waals surface area contributed by atoms with E-state index in [1.807, 2.05) is 13.1 Å². The third kappa shape index (κ3) is 2.62. The number of rotatable bonds is 3. The van der Waals surface area contributed by atoms with Crippen molar-refractivity contribution in [2.45, 2.75) is 39.2 Å². The molecule has 1 N–H and O–H groups in total. The van der Waals surface area contributed by atoms with Crippen LogP contribution in [-0.2, 0) is 0 Å². The Bertz CT molecular complexity index is 431. The molecule has 1 aliphatic carbocycles. The maximum atomic E-state index is 14.1. The number of halogens is 2. The molecule has 1 nitrogen and oxygen atoms in total. The first-order valence-electron chi connectivity index (χ1n) is 6.58. The zero-order valence-electron chi connectivity index (χ0n) is 11.3. The summed E-state index contributed by atoms with van der Waals surface area (Å²) in [6.45, 7) is 4.59. The van der Waals surface area contributed by atoms with Gasteiger partial charge in [0.25, 0.3) is 0 Å². The van der Waals surface area contributed by atoms with Crippen LogP contribution in [-0.4, -0.2) is 7.05 Å². The predicted octanol–water partition coefficient (Wildman–Crippen LogP) is 4.68. The molecule has 3 heteroatoms. The maximum absolute atomic E-state index is 14.1. The summed E-state index contributed by atoms with van der Waals surface area (Å²) in [5, 5.41) is 3.32. The first-order valence-corrected chi connectivity index (χ1v) is 7.37. The first-order chi connectivity index (χ1) is 8.45. The molecule has 0 spiro atoms. The van der Waals surface area contributed by atoms with Crippen LogP contribution in [0.25, 0.3) is 0 Å². The Kier molecular flexibility index (Phi) is 4.12. The van der Waals surface area contributed by atoms with E-state index < -0.39 is 0 Å². The van der Waals surface area contributed by atoms with Gasteiger partial charge in [0, 0.05) is 16.1 Å². The average Bonchev–Trinajstić information content (AvgIpc) is 2.65. The summed E-state index contributed by atoms with van der Waals surface area (Å²) in [4.78, 5) is 0. The van der Waals surface area contributed by atoms with Crippen molar-refractivity contribution in [1.82, 2.24) is 5.32 Å². The van der Waals surface area contributed by atoms with Crippen LogP contribution in [0.5, 0.6) is 0 Å². The van der Waals surface area contributed by atoms with Crippen molar-refractivity contribution in [3.63, 3.8) is 0 Å². The Balaban J connectivity index is 2.36. The molecular formula is C15H21BrFN. The molecular weight excluding hydrogens is 293 g/mol. The minimum absolute atomic E-state index is 0.0972. The second kappa shape index (κ2) is 5.30. The Morgan fingerprint density at radius 2 is 2.17 bits per heavy atom. The summed E-state index contributed by atoms with van der Waals surface area (Å²) in [5.74, 6) is 0.381. The van der Waals surface area contributed by atoms with Crippen LogP contribution in [0.1, 0.15) is 44.7 Å². The van der Waals surface area contributed by atoms with Gasteiger partial charge in [-0.15, -0.1) is 0 Å². The molecule has 0 aliphatic heterocycles. The van der Waals surface area contributed by atoms with Crippen molar-refractivity contribution >= 4 is 15.9 Å². The lowest BCUT2D eigenvalue weighted by Gasteiger charge is -2.34.